The fraction of sp³-hybridized carbons (Fsp3) is 0.333. The van der Waals surface area contributed by atoms with Crippen LogP contribution in [-0.2, 0) is 13.0 Å². The number of hydrogen-bond acceptors (Lipinski definition) is 5. The summed E-state index contributed by atoms with van der Waals surface area (Å²) in [6.07, 6.45) is 0.977. The number of fused-ring (bicyclic) bond motifs is 1. The Morgan fingerprint density at radius 1 is 1.36 bits per heavy atom. The summed E-state index contributed by atoms with van der Waals surface area (Å²) in [6, 6.07) is 6.82. The van der Waals surface area contributed by atoms with Gasteiger partial charge in [-0.3, -0.25) is 4.79 Å². The molecule has 1 unspecified atom stereocenters. The summed E-state index contributed by atoms with van der Waals surface area (Å²) < 4.78 is 11.5. The number of carbonyl (C=O) groups excluding carboxylic acids is 1. The molecule has 0 fully saturated rings. The molecule has 1 aromatic carbocycles. The van der Waals surface area contributed by atoms with Crippen LogP contribution in [0.2, 0.25) is 0 Å². The number of rotatable bonds is 6. The first kappa shape index (κ1) is 17.3. The molecule has 3 rings (SSSR count). The van der Waals surface area contributed by atoms with E-state index in [0.717, 1.165) is 40.4 Å². The highest BCUT2D eigenvalue weighted by molar-refractivity contribution is 7.15. The second-order valence-corrected chi connectivity index (χ2v) is 6.87. The number of aromatic carboxylic acids is 1. The maximum Gasteiger partial charge on any atom is 0.345 e. The zero-order chi connectivity index (χ0) is 18.0. The predicted molar refractivity (Wildman–Crippen MR) is 93.9 cm³/mol. The van der Waals surface area contributed by atoms with Crippen molar-refractivity contribution in [3.8, 4) is 11.5 Å². The summed E-state index contributed by atoms with van der Waals surface area (Å²) in [4.78, 5) is 23.7. The van der Waals surface area contributed by atoms with Crippen LogP contribution in [0.1, 0.15) is 44.3 Å². The van der Waals surface area contributed by atoms with E-state index in [1.807, 2.05) is 26.0 Å². The van der Waals surface area contributed by atoms with Crippen molar-refractivity contribution in [3.63, 3.8) is 0 Å². The van der Waals surface area contributed by atoms with Gasteiger partial charge in [0, 0.05) is 24.1 Å². The molecule has 2 N–H and O–H groups in total. The molecule has 1 atom stereocenters. The van der Waals surface area contributed by atoms with Crippen molar-refractivity contribution >= 4 is 23.2 Å². The van der Waals surface area contributed by atoms with Gasteiger partial charge in [-0.15, -0.1) is 11.3 Å². The van der Waals surface area contributed by atoms with E-state index in [0.29, 0.717) is 11.5 Å². The highest BCUT2D eigenvalue weighted by Crippen LogP contribution is 2.35. The molecule has 0 bridgehead atoms. The van der Waals surface area contributed by atoms with E-state index >= 15 is 0 Å². The van der Waals surface area contributed by atoms with Gasteiger partial charge in [0.2, 0.25) is 0 Å². The number of carbonyl (C=O) groups is 2. The van der Waals surface area contributed by atoms with E-state index in [2.05, 4.69) is 5.32 Å². The van der Waals surface area contributed by atoms with Crippen molar-refractivity contribution in [3.05, 3.63) is 45.1 Å². The summed E-state index contributed by atoms with van der Waals surface area (Å²) in [5.74, 6) is 0.212. The molecule has 0 radical (unpaired) electrons. The minimum absolute atomic E-state index is 0.134. The topological polar surface area (TPSA) is 84.9 Å². The van der Waals surface area contributed by atoms with Crippen LogP contribution in [-0.4, -0.2) is 29.7 Å². The van der Waals surface area contributed by atoms with Crippen LogP contribution >= 0.6 is 11.3 Å². The standard InChI is InChI=1S/C18H19NO5S/c1-3-23-13-7-11-6-10(2)24-14(11)8-12(13)9-19-17(20)15-4-5-16(25-15)18(21)22/h4-5,7-8,10H,3,6,9H2,1-2H3,(H,19,20)(H,21,22). The number of hydrogen-bond donors (Lipinski definition) is 2. The Kier molecular flexibility index (Phi) is 4.94. The molecule has 1 aliphatic heterocycles. The number of amides is 1. The van der Waals surface area contributed by atoms with Gasteiger partial charge in [-0.2, -0.15) is 0 Å². The van der Waals surface area contributed by atoms with Crippen molar-refractivity contribution in [2.45, 2.75) is 32.9 Å². The van der Waals surface area contributed by atoms with Crippen molar-refractivity contribution in [1.29, 1.82) is 0 Å². The lowest BCUT2D eigenvalue weighted by molar-refractivity contribution is 0.0702. The van der Waals surface area contributed by atoms with Gasteiger partial charge in [-0.1, -0.05) is 0 Å². The van der Waals surface area contributed by atoms with E-state index in [4.69, 9.17) is 14.6 Å². The number of benzene rings is 1. The summed E-state index contributed by atoms with van der Waals surface area (Å²) in [6.45, 7) is 4.73. The van der Waals surface area contributed by atoms with Gasteiger partial charge in [0.25, 0.3) is 5.91 Å². The minimum Gasteiger partial charge on any atom is -0.494 e. The van der Waals surface area contributed by atoms with Crippen molar-refractivity contribution in [2.24, 2.45) is 0 Å². The number of carboxylic acid groups (broad SMARTS) is 1. The second kappa shape index (κ2) is 7.14. The van der Waals surface area contributed by atoms with Crippen LogP contribution < -0.4 is 14.8 Å². The summed E-state index contributed by atoms with van der Waals surface area (Å²) in [5, 5.41) is 11.8. The molecule has 25 heavy (non-hydrogen) atoms. The van der Waals surface area contributed by atoms with Crippen LogP contribution in [0.15, 0.2) is 24.3 Å². The SMILES string of the molecule is CCOc1cc2c(cc1CNC(=O)c1ccc(C(=O)O)s1)OC(C)C2. The lowest BCUT2D eigenvalue weighted by Gasteiger charge is -2.13. The average molecular weight is 361 g/mol. The Bertz CT molecular complexity index is 814. The van der Waals surface area contributed by atoms with Crippen LogP contribution in [0.3, 0.4) is 0 Å². The van der Waals surface area contributed by atoms with Gasteiger partial charge in [0.05, 0.1) is 11.5 Å². The second-order valence-electron chi connectivity index (χ2n) is 5.78. The zero-order valence-electron chi connectivity index (χ0n) is 14.0. The first-order chi connectivity index (χ1) is 12.0. The van der Waals surface area contributed by atoms with Crippen molar-refractivity contribution < 1.29 is 24.2 Å². The Labute approximate surface area is 149 Å². The molecule has 1 aromatic heterocycles. The Morgan fingerprint density at radius 3 is 2.80 bits per heavy atom. The first-order valence-electron chi connectivity index (χ1n) is 8.04. The summed E-state index contributed by atoms with van der Waals surface area (Å²) in [7, 11) is 0. The van der Waals surface area contributed by atoms with Gasteiger partial charge < -0.3 is 19.9 Å². The van der Waals surface area contributed by atoms with Crippen molar-refractivity contribution in [2.75, 3.05) is 6.61 Å². The summed E-state index contributed by atoms with van der Waals surface area (Å²) >= 11 is 0.952. The number of thiophene rings is 1. The first-order valence-corrected chi connectivity index (χ1v) is 8.86. The van der Waals surface area contributed by atoms with E-state index in [1.54, 1.807) is 0 Å². The molecule has 2 heterocycles. The molecule has 0 saturated heterocycles. The van der Waals surface area contributed by atoms with Gasteiger partial charge >= 0.3 is 5.97 Å². The molecular weight excluding hydrogens is 342 g/mol. The average Bonchev–Trinajstić information content (AvgIpc) is 3.18. The molecule has 2 aromatic rings. The summed E-state index contributed by atoms with van der Waals surface area (Å²) in [5.41, 5.74) is 1.94. The lowest BCUT2D eigenvalue weighted by Crippen LogP contribution is -2.22. The van der Waals surface area contributed by atoms with Gasteiger partial charge in [-0.05, 0) is 38.1 Å². The molecular formula is C18H19NO5S. The molecule has 7 heteroatoms. The zero-order valence-corrected chi connectivity index (χ0v) is 14.8. The Morgan fingerprint density at radius 2 is 2.12 bits per heavy atom. The highest BCUT2D eigenvalue weighted by atomic mass is 32.1. The van der Waals surface area contributed by atoms with Gasteiger partial charge in [0.15, 0.2) is 0 Å². The molecule has 132 valence electrons. The molecule has 6 nitrogen and oxygen atoms in total. The maximum absolute atomic E-state index is 12.2. The molecule has 0 spiro atoms. The maximum atomic E-state index is 12.2. The number of nitrogens with one attached hydrogen (secondary N) is 1. The van der Waals surface area contributed by atoms with Gasteiger partial charge in [0.1, 0.15) is 22.5 Å². The number of ether oxygens (including phenoxy) is 2. The molecule has 1 amide bonds. The van der Waals surface area contributed by atoms with Crippen LogP contribution in [0.25, 0.3) is 0 Å². The van der Waals surface area contributed by atoms with Gasteiger partial charge in [-0.25, -0.2) is 4.79 Å². The normalized spacial score (nSPS) is 15.4. The van der Waals surface area contributed by atoms with Crippen molar-refractivity contribution in [1.82, 2.24) is 5.32 Å². The Balaban J connectivity index is 1.74. The lowest BCUT2D eigenvalue weighted by atomic mass is 10.1. The highest BCUT2D eigenvalue weighted by Gasteiger charge is 2.22. The largest absolute Gasteiger partial charge is 0.494 e. The monoisotopic (exact) mass is 361 g/mol. The molecule has 0 aliphatic carbocycles. The third-order valence-electron chi connectivity index (χ3n) is 3.86. The number of carboxylic acids is 1. The quantitative estimate of drug-likeness (QED) is 0.826. The fourth-order valence-electron chi connectivity index (χ4n) is 2.75. The fourth-order valence-corrected chi connectivity index (χ4v) is 3.51. The van der Waals surface area contributed by atoms with Crippen LogP contribution in [0, 0.1) is 0 Å². The Hall–Kier alpha value is -2.54. The van der Waals surface area contributed by atoms with Crippen LogP contribution in [0.5, 0.6) is 11.5 Å². The minimum atomic E-state index is -1.03. The van der Waals surface area contributed by atoms with E-state index < -0.39 is 5.97 Å². The smallest absolute Gasteiger partial charge is 0.345 e. The molecule has 1 aliphatic rings. The predicted octanol–water partition coefficient (Wildman–Crippen LogP) is 3.10. The van der Waals surface area contributed by atoms with E-state index in [9.17, 15) is 9.59 Å². The van der Waals surface area contributed by atoms with E-state index in [-0.39, 0.29) is 23.4 Å². The third kappa shape index (κ3) is 3.76. The third-order valence-corrected chi connectivity index (χ3v) is 4.93. The van der Waals surface area contributed by atoms with Crippen LogP contribution in [0.4, 0.5) is 0 Å². The van der Waals surface area contributed by atoms with E-state index in [1.165, 1.54) is 12.1 Å². The molecule has 0 saturated carbocycles.